The largest absolute Gasteiger partial charge is 0.378 e. The molecule has 0 aromatic carbocycles. The Hall–Kier alpha value is -0.120. The van der Waals surface area contributed by atoms with Crippen LogP contribution in [0.15, 0.2) is 0 Å². The van der Waals surface area contributed by atoms with E-state index in [9.17, 15) is 0 Å². The van der Waals surface area contributed by atoms with Crippen LogP contribution in [-0.4, -0.2) is 43.3 Å². The van der Waals surface area contributed by atoms with Gasteiger partial charge < -0.3 is 10.5 Å². The number of morpholine rings is 1. The molecule has 0 radical (unpaired) electrons. The average Bonchev–Trinajstić information content (AvgIpc) is 2.25. The molecule has 3 nitrogen and oxygen atoms in total. The van der Waals surface area contributed by atoms with E-state index >= 15 is 0 Å². The van der Waals surface area contributed by atoms with Crippen molar-refractivity contribution in [1.82, 2.24) is 4.90 Å². The highest BCUT2D eigenvalue weighted by molar-refractivity contribution is 4.78. The molecule has 0 amide bonds. The van der Waals surface area contributed by atoms with Gasteiger partial charge in [-0.15, -0.1) is 0 Å². The van der Waals surface area contributed by atoms with Crippen LogP contribution >= 0.6 is 0 Å². The summed E-state index contributed by atoms with van der Waals surface area (Å²) in [6, 6.07) is 1.28. The molecule has 14 heavy (non-hydrogen) atoms. The fraction of sp³-hybridized carbons (Fsp3) is 1.00. The van der Waals surface area contributed by atoms with Crippen LogP contribution in [0.2, 0.25) is 0 Å². The molecule has 1 heterocycles. The van der Waals surface area contributed by atoms with Crippen molar-refractivity contribution in [3.63, 3.8) is 0 Å². The third-order valence-electron chi connectivity index (χ3n) is 3.14. The lowest BCUT2D eigenvalue weighted by Crippen LogP contribution is -2.49. The Labute approximate surface area is 87.6 Å². The quantitative estimate of drug-likeness (QED) is 0.725. The van der Waals surface area contributed by atoms with E-state index in [1.54, 1.807) is 0 Å². The molecule has 0 aromatic heterocycles. The number of ether oxygens (including phenoxy) is 1. The van der Waals surface area contributed by atoms with Gasteiger partial charge in [0.2, 0.25) is 0 Å². The first-order valence-electron chi connectivity index (χ1n) is 5.83. The molecular formula is C11H24N2O. The average molecular weight is 200 g/mol. The summed E-state index contributed by atoms with van der Waals surface area (Å²) < 4.78 is 5.49. The Balaban J connectivity index is 2.37. The zero-order valence-corrected chi connectivity index (χ0v) is 9.54. The normalized spacial score (nSPS) is 26.4. The SMILES string of the molecule is CCC1COCCN1C(C)CCCN. The lowest BCUT2D eigenvalue weighted by Gasteiger charge is -2.39. The van der Waals surface area contributed by atoms with E-state index < -0.39 is 0 Å². The van der Waals surface area contributed by atoms with Crippen LogP contribution in [0.25, 0.3) is 0 Å². The molecule has 3 heteroatoms. The van der Waals surface area contributed by atoms with Gasteiger partial charge in [0.1, 0.15) is 0 Å². The van der Waals surface area contributed by atoms with E-state index in [2.05, 4.69) is 18.7 Å². The van der Waals surface area contributed by atoms with Crippen molar-refractivity contribution in [3.8, 4) is 0 Å². The van der Waals surface area contributed by atoms with Crippen molar-refractivity contribution in [1.29, 1.82) is 0 Å². The van der Waals surface area contributed by atoms with E-state index in [0.29, 0.717) is 12.1 Å². The maximum absolute atomic E-state index is 5.53. The first-order valence-corrected chi connectivity index (χ1v) is 5.83. The molecule has 0 saturated carbocycles. The minimum absolute atomic E-state index is 0.622. The molecule has 2 unspecified atom stereocenters. The molecule has 0 bridgehead atoms. The smallest absolute Gasteiger partial charge is 0.0622 e. The first-order chi connectivity index (χ1) is 6.79. The van der Waals surface area contributed by atoms with Crippen LogP contribution in [0.1, 0.15) is 33.1 Å². The minimum atomic E-state index is 0.622. The fourth-order valence-electron chi connectivity index (χ4n) is 2.18. The highest BCUT2D eigenvalue weighted by Crippen LogP contribution is 2.16. The molecule has 1 fully saturated rings. The summed E-state index contributed by atoms with van der Waals surface area (Å²) in [4.78, 5) is 2.58. The van der Waals surface area contributed by atoms with Crippen molar-refractivity contribution in [2.45, 2.75) is 45.2 Å². The topological polar surface area (TPSA) is 38.5 Å². The zero-order chi connectivity index (χ0) is 10.4. The molecule has 84 valence electrons. The second kappa shape index (κ2) is 6.38. The van der Waals surface area contributed by atoms with E-state index in [4.69, 9.17) is 10.5 Å². The summed E-state index contributed by atoms with van der Waals surface area (Å²) in [5.41, 5.74) is 5.53. The first kappa shape index (κ1) is 12.0. The Bertz CT molecular complexity index is 152. The maximum Gasteiger partial charge on any atom is 0.0622 e. The Morgan fingerprint density at radius 3 is 3.00 bits per heavy atom. The minimum Gasteiger partial charge on any atom is -0.378 e. The number of nitrogens with zero attached hydrogens (tertiary/aromatic N) is 1. The summed E-state index contributed by atoms with van der Waals surface area (Å²) in [5, 5.41) is 0. The van der Waals surface area contributed by atoms with Gasteiger partial charge in [-0.05, 0) is 32.7 Å². The van der Waals surface area contributed by atoms with Crippen LogP contribution in [0.3, 0.4) is 0 Å². The predicted molar refractivity (Wildman–Crippen MR) is 59.4 cm³/mol. The van der Waals surface area contributed by atoms with Gasteiger partial charge in [0.15, 0.2) is 0 Å². The number of rotatable bonds is 5. The van der Waals surface area contributed by atoms with Gasteiger partial charge >= 0.3 is 0 Å². The summed E-state index contributed by atoms with van der Waals surface area (Å²) in [7, 11) is 0. The fourth-order valence-corrected chi connectivity index (χ4v) is 2.18. The number of hydrogen-bond acceptors (Lipinski definition) is 3. The van der Waals surface area contributed by atoms with Crippen molar-refractivity contribution in [2.24, 2.45) is 5.73 Å². The molecule has 1 rings (SSSR count). The van der Waals surface area contributed by atoms with E-state index in [1.807, 2.05) is 0 Å². The van der Waals surface area contributed by atoms with Crippen LogP contribution in [-0.2, 0) is 4.74 Å². The van der Waals surface area contributed by atoms with E-state index in [1.165, 1.54) is 12.8 Å². The predicted octanol–water partition coefficient (Wildman–Crippen LogP) is 1.22. The van der Waals surface area contributed by atoms with Crippen molar-refractivity contribution < 1.29 is 4.74 Å². The molecule has 1 aliphatic heterocycles. The summed E-state index contributed by atoms with van der Waals surface area (Å²) in [6.07, 6.45) is 3.54. The number of nitrogens with two attached hydrogens (primary N) is 1. The summed E-state index contributed by atoms with van der Waals surface area (Å²) in [5.74, 6) is 0. The molecule has 0 spiro atoms. The lowest BCUT2D eigenvalue weighted by atomic mass is 10.1. The van der Waals surface area contributed by atoms with Crippen LogP contribution in [0, 0.1) is 0 Å². The maximum atomic E-state index is 5.53. The van der Waals surface area contributed by atoms with Crippen LogP contribution in [0.4, 0.5) is 0 Å². The molecule has 2 atom stereocenters. The second-order valence-electron chi connectivity index (χ2n) is 4.15. The number of hydrogen-bond donors (Lipinski definition) is 1. The standard InChI is InChI=1S/C11H24N2O/c1-3-11-9-14-8-7-13(11)10(2)5-4-6-12/h10-11H,3-9,12H2,1-2H3. The molecular weight excluding hydrogens is 176 g/mol. The van der Waals surface area contributed by atoms with Gasteiger partial charge in [-0.25, -0.2) is 0 Å². The molecule has 0 aliphatic carbocycles. The van der Waals surface area contributed by atoms with Crippen LogP contribution in [0.5, 0.6) is 0 Å². The van der Waals surface area contributed by atoms with Crippen molar-refractivity contribution >= 4 is 0 Å². The monoisotopic (exact) mass is 200 g/mol. The summed E-state index contributed by atoms with van der Waals surface area (Å²) in [6.45, 7) is 8.24. The Kier molecular flexibility index (Phi) is 5.45. The van der Waals surface area contributed by atoms with Gasteiger partial charge in [-0.2, -0.15) is 0 Å². The van der Waals surface area contributed by atoms with Crippen molar-refractivity contribution in [3.05, 3.63) is 0 Å². The van der Waals surface area contributed by atoms with Gasteiger partial charge in [-0.1, -0.05) is 6.92 Å². The zero-order valence-electron chi connectivity index (χ0n) is 9.54. The molecule has 1 saturated heterocycles. The van der Waals surface area contributed by atoms with Gasteiger partial charge in [-0.3, -0.25) is 4.90 Å². The third-order valence-corrected chi connectivity index (χ3v) is 3.14. The summed E-state index contributed by atoms with van der Waals surface area (Å²) >= 11 is 0. The van der Waals surface area contributed by atoms with E-state index in [-0.39, 0.29) is 0 Å². The molecule has 2 N–H and O–H groups in total. The van der Waals surface area contributed by atoms with E-state index in [0.717, 1.165) is 32.7 Å². The Morgan fingerprint density at radius 1 is 1.57 bits per heavy atom. The second-order valence-corrected chi connectivity index (χ2v) is 4.15. The lowest BCUT2D eigenvalue weighted by molar-refractivity contribution is -0.0282. The van der Waals surface area contributed by atoms with Crippen LogP contribution < -0.4 is 5.73 Å². The van der Waals surface area contributed by atoms with Gasteiger partial charge in [0, 0.05) is 18.6 Å². The van der Waals surface area contributed by atoms with Crippen molar-refractivity contribution in [2.75, 3.05) is 26.3 Å². The third kappa shape index (κ3) is 3.23. The highest BCUT2D eigenvalue weighted by Gasteiger charge is 2.24. The highest BCUT2D eigenvalue weighted by atomic mass is 16.5. The van der Waals surface area contributed by atoms with Gasteiger partial charge in [0.05, 0.1) is 13.2 Å². The molecule has 0 aromatic rings. The Morgan fingerprint density at radius 2 is 2.36 bits per heavy atom. The van der Waals surface area contributed by atoms with Gasteiger partial charge in [0.25, 0.3) is 0 Å². The molecule has 1 aliphatic rings.